The van der Waals surface area contributed by atoms with Gasteiger partial charge in [0, 0.05) is 37.7 Å². The van der Waals surface area contributed by atoms with E-state index in [0.29, 0.717) is 18.1 Å². The summed E-state index contributed by atoms with van der Waals surface area (Å²) in [7, 11) is 0. The van der Waals surface area contributed by atoms with Crippen molar-refractivity contribution in [2.75, 3.05) is 31.1 Å². The number of hydrogen-bond donors (Lipinski definition) is 0. The van der Waals surface area contributed by atoms with Crippen molar-refractivity contribution in [2.24, 2.45) is 5.92 Å². The van der Waals surface area contributed by atoms with Crippen molar-refractivity contribution < 1.29 is 9.53 Å². The fourth-order valence-corrected chi connectivity index (χ4v) is 3.08. The van der Waals surface area contributed by atoms with Gasteiger partial charge in [-0.15, -0.1) is 0 Å². The van der Waals surface area contributed by atoms with Crippen molar-refractivity contribution in [1.82, 2.24) is 9.88 Å². The molecule has 0 spiro atoms. The Kier molecular flexibility index (Phi) is 6.26. The van der Waals surface area contributed by atoms with Crippen LogP contribution in [-0.4, -0.2) is 42.2 Å². The molecule has 1 unspecified atom stereocenters. The minimum atomic E-state index is 0.0715. The molecule has 2 aromatic rings. The lowest BCUT2D eigenvalue weighted by atomic mass is 10.0. The monoisotopic (exact) mass is 364 g/mol. The van der Waals surface area contributed by atoms with Crippen molar-refractivity contribution in [2.45, 2.75) is 19.8 Å². The summed E-state index contributed by atoms with van der Waals surface area (Å²) in [6.45, 7) is 5.06. The van der Waals surface area contributed by atoms with Gasteiger partial charge < -0.3 is 9.64 Å². The smallest absolute Gasteiger partial charge is 0.324 e. The topological polar surface area (TPSA) is 69.5 Å². The van der Waals surface area contributed by atoms with Gasteiger partial charge in [0.2, 0.25) is 0 Å². The van der Waals surface area contributed by atoms with Gasteiger partial charge in [0.15, 0.2) is 0 Å². The second-order valence-electron chi connectivity index (χ2n) is 6.79. The molecule has 0 radical (unpaired) electrons. The number of aromatic nitrogens is 1. The summed E-state index contributed by atoms with van der Waals surface area (Å²) < 4.78 is 5.74. The molecule has 0 bridgehead atoms. The van der Waals surface area contributed by atoms with E-state index in [1.807, 2.05) is 29.2 Å². The van der Waals surface area contributed by atoms with E-state index < -0.39 is 0 Å². The Balaban J connectivity index is 1.38. The zero-order chi connectivity index (χ0) is 19.1. The molecule has 27 heavy (non-hydrogen) atoms. The average Bonchev–Trinajstić information content (AvgIpc) is 3.08. The Hall–Kier alpha value is -3.07. The van der Waals surface area contributed by atoms with Crippen LogP contribution in [0.3, 0.4) is 0 Å². The maximum atomic E-state index is 12.6. The molecule has 1 aliphatic rings. The first-order chi connectivity index (χ1) is 13.2. The molecule has 1 saturated heterocycles. The first-order valence-corrected chi connectivity index (χ1v) is 9.27. The molecule has 1 atom stereocenters. The van der Waals surface area contributed by atoms with Crippen molar-refractivity contribution in [3.05, 3.63) is 54.4 Å². The normalized spacial score (nSPS) is 14.9. The van der Waals surface area contributed by atoms with Crippen LogP contribution in [0.5, 0.6) is 5.75 Å². The second-order valence-corrected chi connectivity index (χ2v) is 6.79. The third kappa shape index (κ3) is 4.98. The van der Waals surface area contributed by atoms with Crippen LogP contribution in [-0.2, 0) is 0 Å². The molecule has 1 fully saturated rings. The molecule has 2 amide bonds. The quantitative estimate of drug-likeness (QED) is 0.716. The zero-order valence-corrected chi connectivity index (χ0v) is 15.5. The van der Waals surface area contributed by atoms with E-state index in [0.717, 1.165) is 43.9 Å². The van der Waals surface area contributed by atoms with Gasteiger partial charge in [-0.25, -0.2) is 4.79 Å². The first-order valence-electron chi connectivity index (χ1n) is 9.27. The summed E-state index contributed by atoms with van der Waals surface area (Å²) in [4.78, 5) is 20.3. The van der Waals surface area contributed by atoms with Crippen LogP contribution in [0.4, 0.5) is 10.5 Å². The zero-order valence-electron chi connectivity index (χ0n) is 15.5. The molecule has 1 aliphatic heterocycles. The molecule has 6 nitrogen and oxygen atoms in total. The number of hydrogen-bond acceptors (Lipinski definition) is 4. The van der Waals surface area contributed by atoms with E-state index >= 15 is 0 Å². The highest BCUT2D eigenvalue weighted by Crippen LogP contribution is 2.20. The van der Waals surface area contributed by atoms with Crippen LogP contribution in [0.1, 0.15) is 25.3 Å². The van der Waals surface area contributed by atoms with Crippen LogP contribution in [0.25, 0.3) is 0 Å². The predicted octanol–water partition coefficient (Wildman–Crippen LogP) is 3.69. The number of urea groups is 1. The summed E-state index contributed by atoms with van der Waals surface area (Å²) >= 11 is 0. The highest BCUT2D eigenvalue weighted by Gasteiger charge is 2.29. The van der Waals surface area contributed by atoms with Crippen LogP contribution < -0.4 is 9.64 Å². The van der Waals surface area contributed by atoms with Crippen molar-refractivity contribution in [3.8, 4) is 11.8 Å². The minimum Gasteiger partial charge on any atom is -0.494 e. The fraction of sp³-hybridized carbons (Fsp3) is 0.381. The molecular formula is C21H24N4O2. The molecule has 140 valence electrons. The van der Waals surface area contributed by atoms with Crippen LogP contribution in [0, 0.1) is 17.2 Å². The van der Waals surface area contributed by atoms with E-state index in [1.54, 1.807) is 29.4 Å². The van der Waals surface area contributed by atoms with E-state index in [-0.39, 0.29) is 6.03 Å². The Morgan fingerprint density at radius 3 is 2.59 bits per heavy atom. The summed E-state index contributed by atoms with van der Waals surface area (Å²) in [5, 5.41) is 8.80. The summed E-state index contributed by atoms with van der Waals surface area (Å²) in [6, 6.07) is 13.0. The van der Waals surface area contributed by atoms with Crippen LogP contribution >= 0.6 is 0 Å². The predicted molar refractivity (Wildman–Crippen MR) is 104 cm³/mol. The summed E-state index contributed by atoms with van der Waals surface area (Å²) in [5.74, 6) is 1.25. The largest absolute Gasteiger partial charge is 0.494 e. The van der Waals surface area contributed by atoms with Gasteiger partial charge in [0.1, 0.15) is 5.75 Å². The number of rotatable bonds is 8. The molecule has 1 aromatic carbocycles. The lowest BCUT2D eigenvalue weighted by Crippen LogP contribution is -2.33. The first kappa shape index (κ1) is 18.7. The number of nitriles is 1. The highest BCUT2D eigenvalue weighted by molar-refractivity contribution is 5.93. The van der Waals surface area contributed by atoms with Crippen molar-refractivity contribution >= 4 is 11.7 Å². The van der Waals surface area contributed by atoms with Crippen molar-refractivity contribution in [1.29, 1.82) is 5.26 Å². The van der Waals surface area contributed by atoms with Gasteiger partial charge in [-0.2, -0.15) is 5.26 Å². The number of ether oxygens (including phenoxy) is 1. The standard InChI is InChI=1S/C21H24N4O2/c1-17(9-15-27-20-4-2-18(16-22)3-5-20)8-12-24-13-14-25(21(24)26)19-6-10-23-11-7-19/h2-7,10-11,17H,8-9,12-15H2,1H3. The SMILES string of the molecule is CC(CCOc1ccc(C#N)cc1)CCN1CCN(c2ccncc2)C1=O. The molecule has 0 N–H and O–H groups in total. The second kappa shape index (κ2) is 9.04. The number of carbonyl (C=O) groups excluding carboxylic acids is 1. The van der Waals surface area contributed by atoms with Gasteiger partial charge in [0.05, 0.1) is 18.2 Å². The molecular weight excluding hydrogens is 340 g/mol. The van der Waals surface area contributed by atoms with Gasteiger partial charge in [-0.1, -0.05) is 6.92 Å². The number of benzene rings is 1. The van der Waals surface area contributed by atoms with Gasteiger partial charge >= 0.3 is 6.03 Å². The van der Waals surface area contributed by atoms with Gasteiger partial charge in [-0.3, -0.25) is 9.88 Å². The Morgan fingerprint density at radius 1 is 1.15 bits per heavy atom. The Morgan fingerprint density at radius 2 is 1.89 bits per heavy atom. The molecule has 0 saturated carbocycles. The summed E-state index contributed by atoms with van der Waals surface area (Å²) in [6.07, 6.45) is 5.30. The van der Waals surface area contributed by atoms with E-state index in [4.69, 9.17) is 10.00 Å². The average molecular weight is 364 g/mol. The van der Waals surface area contributed by atoms with Crippen LogP contribution in [0.2, 0.25) is 0 Å². The highest BCUT2D eigenvalue weighted by atomic mass is 16.5. The molecule has 2 heterocycles. The molecule has 3 rings (SSSR count). The fourth-order valence-electron chi connectivity index (χ4n) is 3.08. The number of anilines is 1. The van der Waals surface area contributed by atoms with Crippen molar-refractivity contribution in [3.63, 3.8) is 0 Å². The summed E-state index contributed by atoms with van der Waals surface area (Å²) in [5.41, 5.74) is 1.54. The third-order valence-corrected chi connectivity index (χ3v) is 4.82. The Bertz CT molecular complexity index is 786. The van der Waals surface area contributed by atoms with Gasteiger partial charge in [-0.05, 0) is 55.2 Å². The third-order valence-electron chi connectivity index (χ3n) is 4.82. The Labute approximate surface area is 160 Å². The molecule has 6 heteroatoms. The number of amides is 2. The maximum Gasteiger partial charge on any atom is 0.324 e. The maximum absolute atomic E-state index is 12.6. The van der Waals surface area contributed by atoms with E-state index in [2.05, 4.69) is 18.0 Å². The minimum absolute atomic E-state index is 0.0715. The number of pyridine rings is 1. The number of carbonyl (C=O) groups is 1. The number of nitrogens with zero attached hydrogens (tertiary/aromatic N) is 4. The van der Waals surface area contributed by atoms with E-state index in [1.165, 1.54) is 0 Å². The van der Waals surface area contributed by atoms with E-state index in [9.17, 15) is 4.79 Å². The lowest BCUT2D eigenvalue weighted by Gasteiger charge is -2.20. The van der Waals surface area contributed by atoms with Gasteiger partial charge in [0.25, 0.3) is 0 Å². The molecule has 1 aromatic heterocycles. The molecule has 0 aliphatic carbocycles. The lowest BCUT2D eigenvalue weighted by molar-refractivity contribution is 0.214. The van der Waals surface area contributed by atoms with Crippen LogP contribution in [0.15, 0.2) is 48.8 Å².